The van der Waals surface area contributed by atoms with E-state index in [1.807, 2.05) is 13.0 Å². The molecule has 0 saturated heterocycles. The van der Waals surface area contributed by atoms with Gasteiger partial charge in [0.05, 0.1) is 17.9 Å². The van der Waals surface area contributed by atoms with E-state index in [0.29, 0.717) is 36.8 Å². The van der Waals surface area contributed by atoms with Crippen LogP contribution in [-0.4, -0.2) is 24.7 Å². The van der Waals surface area contributed by atoms with Crippen LogP contribution in [-0.2, 0) is 4.74 Å². The zero-order chi connectivity index (χ0) is 11.1. The van der Waals surface area contributed by atoms with E-state index in [-0.39, 0.29) is 0 Å². The van der Waals surface area contributed by atoms with Crippen LogP contribution in [0.1, 0.15) is 12.5 Å². The molecule has 1 heterocycles. The molecule has 5 nitrogen and oxygen atoms in total. The van der Waals surface area contributed by atoms with Crippen LogP contribution in [0.5, 0.6) is 0 Å². The number of nitrogens with zero attached hydrogens (tertiary/aromatic N) is 2. The van der Waals surface area contributed by atoms with Gasteiger partial charge in [0, 0.05) is 19.3 Å². The lowest BCUT2D eigenvalue weighted by Crippen LogP contribution is -2.12. The molecule has 0 radical (unpaired) electrons. The van der Waals surface area contributed by atoms with E-state index in [9.17, 15) is 0 Å². The number of anilines is 2. The third-order valence-electron chi connectivity index (χ3n) is 1.85. The van der Waals surface area contributed by atoms with Crippen molar-refractivity contribution in [2.24, 2.45) is 0 Å². The Hall–Kier alpha value is -1.80. The molecule has 0 aliphatic rings. The number of nitrogens with one attached hydrogen (secondary N) is 1. The van der Waals surface area contributed by atoms with Gasteiger partial charge in [-0.05, 0) is 13.0 Å². The fraction of sp³-hybridized carbons (Fsp3) is 0.400. The second-order valence-electron chi connectivity index (χ2n) is 2.86. The van der Waals surface area contributed by atoms with Crippen molar-refractivity contribution >= 4 is 11.5 Å². The van der Waals surface area contributed by atoms with Crippen molar-refractivity contribution in [3.63, 3.8) is 0 Å². The highest BCUT2D eigenvalue weighted by Crippen LogP contribution is 2.18. The van der Waals surface area contributed by atoms with Gasteiger partial charge in [-0.1, -0.05) is 0 Å². The first-order valence-electron chi connectivity index (χ1n) is 4.75. The monoisotopic (exact) mass is 206 g/mol. The van der Waals surface area contributed by atoms with Crippen LogP contribution in [0.15, 0.2) is 12.3 Å². The summed E-state index contributed by atoms with van der Waals surface area (Å²) in [4.78, 5) is 4.04. The molecular formula is C10H14N4O. The van der Waals surface area contributed by atoms with Crippen molar-refractivity contribution in [1.29, 1.82) is 5.26 Å². The average Bonchev–Trinajstić information content (AvgIpc) is 2.26. The Balaban J connectivity index is 2.58. The summed E-state index contributed by atoms with van der Waals surface area (Å²) >= 11 is 0. The summed E-state index contributed by atoms with van der Waals surface area (Å²) < 4.78 is 5.16. The van der Waals surface area contributed by atoms with Gasteiger partial charge in [-0.3, -0.25) is 0 Å². The molecule has 0 unspecified atom stereocenters. The highest BCUT2D eigenvalue weighted by Gasteiger charge is 2.04. The zero-order valence-corrected chi connectivity index (χ0v) is 8.66. The smallest absolute Gasteiger partial charge is 0.150 e. The summed E-state index contributed by atoms with van der Waals surface area (Å²) in [5.41, 5.74) is 6.54. The third-order valence-corrected chi connectivity index (χ3v) is 1.85. The van der Waals surface area contributed by atoms with Crippen molar-refractivity contribution < 1.29 is 4.74 Å². The minimum absolute atomic E-state index is 0.386. The molecule has 0 saturated carbocycles. The first-order chi connectivity index (χ1) is 7.29. The number of rotatable bonds is 5. The van der Waals surface area contributed by atoms with Crippen molar-refractivity contribution in [3.8, 4) is 6.07 Å². The predicted molar refractivity (Wildman–Crippen MR) is 58.3 cm³/mol. The predicted octanol–water partition coefficient (Wildman–Crippen LogP) is 0.984. The Labute approximate surface area is 88.9 Å². The summed E-state index contributed by atoms with van der Waals surface area (Å²) in [5, 5.41) is 11.8. The molecule has 0 spiro atoms. The highest BCUT2D eigenvalue weighted by molar-refractivity contribution is 5.68. The minimum Gasteiger partial charge on any atom is -0.395 e. The molecule has 1 aromatic rings. The molecule has 3 N–H and O–H groups in total. The molecule has 0 bridgehead atoms. The maximum atomic E-state index is 8.74. The summed E-state index contributed by atoms with van der Waals surface area (Å²) in [6, 6.07) is 3.59. The fourth-order valence-corrected chi connectivity index (χ4v) is 1.10. The van der Waals surface area contributed by atoms with Crippen LogP contribution in [0.3, 0.4) is 0 Å². The van der Waals surface area contributed by atoms with E-state index in [1.54, 1.807) is 12.3 Å². The van der Waals surface area contributed by atoms with Gasteiger partial charge in [-0.25, -0.2) is 4.98 Å². The third kappa shape index (κ3) is 3.11. The van der Waals surface area contributed by atoms with Crippen LogP contribution in [0.25, 0.3) is 0 Å². The van der Waals surface area contributed by atoms with Crippen molar-refractivity contribution in [1.82, 2.24) is 4.98 Å². The highest BCUT2D eigenvalue weighted by atomic mass is 16.5. The van der Waals surface area contributed by atoms with Crippen molar-refractivity contribution in [2.75, 3.05) is 30.8 Å². The molecule has 5 heteroatoms. The lowest BCUT2D eigenvalue weighted by atomic mass is 10.2. The van der Waals surface area contributed by atoms with Gasteiger partial charge < -0.3 is 15.8 Å². The number of ether oxygens (including phenoxy) is 1. The van der Waals surface area contributed by atoms with E-state index < -0.39 is 0 Å². The Morgan fingerprint density at radius 1 is 1.67 bits per heavy atom. The van der Waals surface area contributed by atoms with E-state index in [2.05, 4.69) is 10.3 Å². The van der Waals surface area contributed by atoms with Gasteiger partial charge in [0.2, 0.25) is 0 Å². The molecule has 1 aromatic heterocycles. The number of nitriles is 1. The average molecular weight is 206 g/mol. The second-order valence-corrected chi connectivity index (χ2v) is 2.86. The van der Waals surface area contributed by atoms with Crippen molar-refractivity contribution in [2.45, 2.75) is 6.92 Å². The molecule has 15 heavy (non-hydrogen) atoms. The number of hydrogen-bond donors (Lipinski definition) is 2. The number of nitrogens with two attached hydrogens (primary N) is 1. The summed E-state index contributed by atoms with van der Waals surface area (Å²) in [5.74, 6) is 0.536. The second kappa shape index (κ2) is 5.83. The lowest BCUT2D eigenvalue weighted by Gasteiger charge is -2.08. The molecule has 0 aromatic carbocycles. The van der Waals surface area contributed by atoms with E-state index in [0.717, 1.165) is 0 Å². The van der Waals surface area contributed by atoms with Crippen LogP contribution in [0, 0.1) is 11.3 Å². The van der Waals surface area contributed by atoms with Crippen LogP contribution < -0.4 is 11.1 Å². The minimum atomic E-state index is 0.386. The molecule has 0 atom stereocenters. The molecule has 80 valence electrons. The van der Waals surface area contributed by atoms with Gasteiger partial charge in [0.15, 0.2) is 5.82 Å². The number of hydrogen-bond acceptors (Lipinski definition) is 5. The Kier molecular flexibility index (Phi) is 4.38. The van der Waals surface area contributed by atoms with Crippen LogP contribution in [0.2, 0.25) is 0 Å². The van der Waals surface area contributed by atoms with Crippen LogP contribution in [0.4, 0.5) is 11.5 Å². The first-order valence-corrected chi connectivity index (χ1v) is 4.75. The quantitative estimate of drug-likeness (QED) is 0.702. The lowest BCUT2D eigenvalue weighted by molar-refractivity contribution is 0.158. The fourth-order valence-electron chi connectivity index (χ4n) is 1.10. The van der Waals surface area contributed by atoms with Gasteiger partial charge in [0.1, 0.15) is 6.07 Å². The first kappa shape index (κ1) is 11.3. The molecular weight excluding hydrogens is 192 g/mol. The molecule has 0 aliphatic heterocycles. The van der Waals surface area contributed by atoms with E-state index in [4.69, 9.17) is 15.7 Å². The summed E-state index contributed by atoms with van der Waals surface area (Å²) in [6.07, 6.45) is 1.55. The number of pyridine rings is 1. The van der Waals surface area contributed by atoms with Gasteiger partial charge in [0.25, 0.3) is 0 Å². The number of nitrogen functional groups attached to an aromatic ring is 1. The SMILES string of the molecule is CCOCCNc1nccc(C#N)c1N. The van der Waals surface area contributed by atoms with Gasteiger partial charge in [-0.15, -0.1) is 0 Å². The molecule has 0 aliphatic carbocycles. The Morgan fingerprint density at radius 2 is 2.47 bits per heavy atom. The van der Waals surface area contributed by atoms with E-state index >= 15 is 0 Å². The maximum Gasteiger partial charge on any atom is 0.150 e. The summed E-state index contributed by atoms with van der Waals surface area (Å²) in [6.45, 7) is 3.83. The van der Waals surface area contributed by atoms with Crippen molar-refractivity contribution in [3.05, 3.63) is 17.8 Å². The Morgan fingerprint density at radius 3 is 3.13 bits per heavy atom. The van der Waals surface area contributed by atoms with Gasteiger partial charge in [-0.2, -0.15) is 5.26 Å². The van der Waals surface area contributed by atoms with Crippen LogP contribution >= 0.6 is 0 Å². The molecule has 1 rings (SSSR count). The molecule has 0 amide bonds. The summed E-state index contributed by atoms with van der Waals surface area (Å²) in [7, 11) is 0. The van der Waals surface area contributed by atoms with Gasteiger partial charge >= 0.3 is 0 Å². The topological polar surface area (TPSA) is 84.0 Å². The maximum absolute atomic E-state index is 8.74. The standard InChI is InChI=1S/C10H14N4O/c1-2-15-6-5-14-10-9(12)8(7-11)3-4-13-10/h3-4H,2,5-6,12H2,1H3,(H,13,14). The normalized spacial score (nSPS) is 9.60. The number of aromatic nitrogens is 1. The molecule has 0 fully saturated rings. The zero-order valence-electron chi connectivity index (χ0n) is 8.66. The van der Waals surface area contributed by atoms with E-state index in [1.165, 1.54) is 0 Å². The Bertz CT molecular complexity index is 359. The largest absolute Gasteiger partial charge is 0.395 e.